The van der Waals surface area contributed by atoms with Gasteiger partial charge in [-0.3, -0.25) is 4.68 Å². The quantitative estimate of drug-likeness (QED) is 0.886. The van der Waals surface area contributed by atoms with E-state index >= 15 is 0 Å². The summed E-state index contributed by atoms with van der Waals surface area (Å²) in [5.74, 6) is 0. The average Bonchev–Trinajstić information content (AvgIpc) is 2.62. The van der Waals surface area contributed by atoms with Crippen LogP contribution in [0.2, 0.25) is 5.02 Å². The zero-order chi connectivity index (χ0) is 11.5. The smallest absolute Gasteiger partial charge is 0.0723 e. The fourth-order valence-corrected chi connectivity index (χ4v) is 1.91. The van der Waals surface area contributed by atoms with Crippen molar-refractivity contribution in [1.82, 2.24) is 15.1 Å². The summed E-state index contributed by atoms with van der Waals surface area (Å²) < 4.78 is 1.88. The number of nitrogens with zero attached hydrogens (tertiary/aromatic N) is 2. The second kappa shape index (κ2) is 4.68. The molecule has 16 heavy (non-hydrogen) atoms. The van der Waals surface area contributed by atoms with Crippen LogP contribution in [-0.2, 0) is 13.6 Å². The number of nitrogens with one attached hydrogen (secondary N) is 1. The number of hydrogen-bond donors (Lipinski definition) is 1. The second-order valence-corrected chi connectivity index (χ2v) is 4.12. The second-order valence-electron chi connectivity index (χ2n) is 3.68. The lowest BCUT2D eigenvalue weighted by Gasteiger charge is -2.06. The Hall–Kier alpha value is -1.32. The van der Waals surface area contributed by atoms with Crippen molar-refractivity contribution < 1.29 is 0 Å². The number of aryl methyl sites for hydroxylation is 1. The van der Waals surface area contributed by atoms with Crippen LogP contribution < -0.4 is 5.32 Å². The fraction of sp³-hybridized carbons (Fsp3) is 0.250. The number of rotatable bonds is 3. The van der Waals surface area contributed by atoms with Crippen molar-refractivity contribution in [2.75, 3.05) is 7.05 Å². The van der Waals surface area contributed by atoms with E-state index in [4.69, 9.17) is 11.6 Å². The van der Waals surface area contributed by atoms with E-state index in [9.17, 15) is 0 Å². The number of aromatic nitrogens is 2. The van der Waals surface area contributed by atoms with Crippen molar-refractivity contribution in [1.29, 1.82) is 0 Å². The van der Waals surface area contributed by atoms with Crippen LogP contribution in [0.25, 0.3) is 11.3 Å². The minimum absolute atomic E-state index is 0.751. The monoisotopic (exact) mass is 235 g/mol. The largest absolute Gasteiger partial charge is 0.316 e. The van der Waals surface area contributed by atoms with E-state index in [0.717, 1.165) is 22.8 Å². The molecule has 3 nitrogen and oxygen atoms in total. The van der Waals surface area contributed by atoms with Crippen LogP contribution in [-0.4, -0.2) is 16.8 Å². The van der Waals surface area contributed by atoms with E-state index in [1.165, 1.54) is 5.56 Å². The van der Waals surface area contributed by atoms with Gasteiger partial charge in [0.05, 0.1) is 11.9 Å². The lowest BCUT2D eigenvalue weighted by Crippen LogP contribution is -2.06. The SMILES string of the molecule is CNCc1cnn(C)c1-c1ccc(Cl)cc1. The molecule has 0 atom stereocenters. The van der Waals surface area contributed by atoms with Crippen molar-refractivity contribution in [3.63, 3.8) is 0 Å². The molecule has 0 amide bonds. The first kappa shape index (κ1) is 11.2. The highest BCUT2D eigenvalue weighted by molar-refractivity contribution is 6.30. The minimum Gasteiger partial charge on any atom is -0.316 e. The normalized spacial score (nSPS) is 10.7. The highest BCUT2D eigenvalue weighted by atomic mass is 35.5. The molecule has 84 valence electrons. The molecule has 1 aromatic carbocycles. The van der Waals surface area contributed by atoms with Gasteiger partial charge >= 0.3 is 0 Å². The van der Waals surface area contributed by atoms with Crippen LogP contribution in [0.4, 0.5) is 0 Å². The molecule has 0 aliphatic carbocycles. The summed E-state index contributed by atoms with van der Waals surface area (Å²) in [7, 11) is 3.88. The van der Waals surface area contributed by atoms with Crippen LogP contribution in [0.15, 0.2) is 30.5 Å². The molecule has 2 aromatic rings. The van der Waals surface area contributed by atoms with Crippen LogP contribution in [0.3, 0.4) is 0 Å². The van der Waals surface area contributed by atoms with Gasteiger partial charge in [0.15, 0.2) is 0 Å². The molecule has 0 radical (unpaired) electrons. The minimum atomic E-state index is 0.751. The fourth-order valence-electron chi connectivity index (χ4n) is 1.78. The summed E-state index contributed by atoms with van der Waals surface area (Å²) in [5.41, 5.74) is 3.45. The molecule has 0 spiro atoms. The summed E-state index contributed by atoms with van der Waals surface area (Å²) in [4.78, 5) is 0. The first-order valence-corrected chi connectivity index (χ1v) is 5.51. The highest BCUT2D eigenvalue weighted by Crippen LogP contribution is 2.24. The molecule has 0 saturated carbocycles. The molecule has 4 heteroatoms. The summed E-state index contributed by atoms with van der Waals surface area (Å²) in [5, 5.41) is 8.17. The van der Waals surface area contributed by atoms with Crippen LogP contribution in [0, 0.1) is 0 Å². The molecular weight excluding hydrogens is 222 g/mol. The summed E-state index contributed by atoms with van der Waals surface area (Å²) >= 11 is 5.88. The van der Waals surface area contributed by atoms with E-state index in [0.29, 0.717) is 0 Å². The molecule has 0 unspecified atom stereocenters. The molecule has 0 aliphatic rings. The van der Waals surface area contributed by atoms with Crippen molar-refractivity contribution in [2.24, 2.45) is 7.05 Å². The lowest BCUT2D eigenvalue weighted by molar-refractivity contribution is 0.773. The Morgan fingerprint density at radius 2 is 2.00 bits per heavy atom. The molecule has 2 rings (SSSR count). The Morgan fingerprint density at radius 3 is 2.62 bits per heavy atom. The van der Waals surface area contributed by atoms with Gasteiger partial charge in [0.2, 0.25) is 0 Å². The number of hydrogen-bond acceptors (Lipinski definition) is 2. The Morgan fingerprint density at radius 1 is 1.31 bits per heavy atom. The Balaban J connectivity index is 2.45. The van der Waals surface area contributed by atoms with Gasteiger partial charge in [-0.25, -0.2) is 0 Å². The van der Waals surface area contributed by atoms with Crippen molar-refractivity contribution in [2.45, 2.75) is 6.54 Å². The van der Waals surface area contributed by atoms with Crippen LogP contribution >= 0.6 is 11.6 Å². The molecule has 1 heterocycles. The van der Waals surface area contributed by atoms with Gasteiger partial charge in [-0.15, -0.1) is 0 Å². The molecule has 0 fully saturated rings. The lowest BCUT2D eigenvalue weighted by atomic mass is 10.1. The van der Waals surface area contributed by atoms with Gasteiger partial charge in [-0.05, 0) is 19.2 Å². The summed E-state index contributed by atoms with van der Waals surface area (Å²) in [6.07, 6.45) is 1.89. The Labute approximate surface area is 100 Å². The molecule has 0 aliphatic heterocycles. The third kappa shape index (κ3) is 2.10. The van der Waals surface area contributed by atoms with E-state index in [2.05, 4.69) is 10.4 Å². The first-order valence-electron chi connectivity index (χ1n) is 5.14. The summed E-state index contributed by atoms with van der Waals surface area (Å²) in [6, 6.07) is 7.82. The van der Waals surface area contributed by atoms with Gasteiger partial charge in [-0.2, -0.15) is 5.10 Å². The van der Waals surface area contributed by atoms with Crippen LogP contribution in [0.1, 0.15) is 5.56 Å². The maximum Gasteiger partial charge on any atom is 0.0723 e. The van der Waals surface area contributed by atoms with Crippen molar-refractivity contribution in [3.05, 3.63) is 41.0 Å². The molecule has 0 saturated heterocycles. The molecule has 0 bridgehead atoms. The van der Waals surface area contributed by atoms with E-state index in [1.807, 2.05) is 49.2 Å². The standard InChI is InChI=1S/C12H14ClN3/c1-14-7-10-8-15-16(2)12(10)9-3-5-11(13)6-4-9/h3-6,8,14H,7H2,1-2H3. The van der Waals surface area contributed by atoms with E-state index in [-0.39, 0.29) is 0 Å². The first-order chi connectivity index (χ1) is 7.72. The van der Waals surface area contributed by atoms with E-state index in [1.54, 1.807) is 0 Å². The number of halogens is 1. The molecule has 1 aromatic heterocycles. The molecule has 1 N–H and O–H groups in total. The van der Waals surface area contributed by atoms with Gasteiger partial charge in [0.1, 0.15) is 0 Å². The highest BCUT2D eigenvalue weighted by Gasteiger charge is 2.09. The Bertz CT molecular complexity index is 474. The zero-order valence-electron chi connectivity index (χ0n) is 9.37. The predicted molar refractivity (Wildman–Crippen MR) is 66.4 cm³/mol. The third-order valence-electron chi connectivity index (χ3n) is 2.50. The van der Waals surface area contributed by atoms with Crippen molar-refractivity contribution in [3.8, 4) is 11.3 Å². The van der Waals surface area contributed by atoms with Gasteiger partial charge in [-0.1, -0.05) is 23.7 Å². The maximum absolute atomic E-state index is 5.88. The van der Waals surface area contributed by atoms with Crippen molar-refractivity contribution >= 4 is 11.6 Å². The van der Waals surface area contributed by atoms with Gasteiger partial charge in [0.25, 0.3) is 0 Å². The van der Waals surface area contributed by atoms with Gasteiger partial charge in [0, 0.05) is 29.7 Å². The predicted octanol–water partition coefficient (Wildman–Crippen LogP) is 2.46. The number of benzene rings is 1. The molecular formula is C12H14ClN3. The van der Waals surface area contributed by atoms with Gasteiger partial charge < -0.3 is 5.32 Å². The topological polar surface area (TPSA) is 29.9 Å². The van der Waals surface area contributed by atoms with E-state index < -0.39 is 0 Å². The summed E-state index contributed by atoms with van der Waals surface area (Å²) in [6.45, 7) is 0.811. The average molecular weight is 236 g/mol. The zero-order valence-corrected chi connectivity index (χ0v) is 10.1. The third-order valence-corrected chi connectivity index (χ3v) is 2.75. The Kier molecular flexibility index (Phi) is 3.27. The maximum atomic E-state index is 5.88. The van der Waals surface area contributed by atoms with Crippen LogP contribution in [0.5, 0.6) is 0 Å².